The van der Waals surface area contributed by atoms with Crippen LogP contribution in [0.1, 0.15) is 42.3 Å². The van der Waals surface area contributed by atoms with Gasteiger partial charge in [0.1, 0.15) is 16.2 Å². The molecule has 3 aromatic heterocycles. The number of pyridine rings is 1. The quantitative estimate of drug-likeness (QED) is 0.503. The number of thiophene rings is 1. The molecular weight excluding hydrogens is 366 g/mol. The second-order valence-electron chi connectivity index (χ2n) is 6.39. The van der Waals surface area contributed by atoms with Crippen LogP contribution in [0.2, 0.25) is 0 Å². The number of rotatable bonds is 6. The maximum atomic E-state index is 12.1. The molecule has 3 heterocycles. The van der Waals surface area contributed by atoms with Crippen molar-refractivity contribution in [3.63, 3.8) is 0 Å². The van der Waals surface area contributed by atoms with E-state index in [9.17, 15) is 4.79 Å². The number of hydrogen-bond donors (Lipinski definition) is 1. The molecule has 0 spiro atoms. The highest BCUT2D eigenvalue weighted by atomic mass is 32.2. The molecule has 0 aromatic carbocycles. The van der Waals surface area contributed by atoms with E-state index in [1.54, 1.807) is 30.4 Å². The zero-order chi connectivity index (χ0) is 17.9. The van der Waals surface area contributed by atoms with Crippen molar-refractivity contribution in [2.24, 2.45) is 0 Å². The van der Waals surface area contributed by atoms with Gasteiger partial charge in [-0.2, -0.15) is 0 Å². The average molecular weight is 388 g/mol. The Kier molecular flexibility index (Phi) is 5.26. The fraction of sp³-hybridized carbons (Fsp3) is 0.421. The minimum absolute atomic E-state index is 0.0754. The van der Waals surface area contributed by atoms with Crippen LogP contribution < -0.4 is 10.2 Å². The minimum Gasteiger partial charge on any atom is -0.488 e. The Bertz CT molecular complexity index is 981. The zero-order valence-electron chi connectivity index (χ0n) is 14.7. The van der Waals surface area contributed by atoms with Gasteiger partial charge in [0.05, 0.1) is 6.61 Å². The highest BCUT2D eigenvalue weighted by Gasteiger charge is 2.20. The van der Waals surface area contributed by atoms with Gasteiger partial charge < -0.3 is 9.72 Å². The van der Waals surface area contributed by atoms with Gasteiger partial charge >= 0.3 is 0 Å². The molecule has 136 valence electrons. The van der Waals surface area contributed by atoms with E-state index in [-0.39, 0.29) is 5.43 Å². The number of aromatic nitrogens is 3. The number of hydrogen-bond acceptors (Lipinski definition) is 6. The summed E-state index contributed by atoms with van der Waals surface area (Å²) in [5, 5.41) is 2.24. The summed E-state index contributed by atoms with van der Waals surface area (Å²) in [6.45, 7) is 2.57. The molecule has 0 amide bonds. The Morgan fingerprint density at radius 2 is 2.19 bits per heavy atom. The van der Waals surface area contributed by atoms with Gasteiger partial charge in [-0.05, 0) is 37.7 Å². The van der Waals surface area contributed by atoms with Crippen LogP contribution >= 0.6 is 23.1 Å². The van der Waals surface area contributed by atoms with Crippen molar-refractivity contribution in [3.05, 3.63) is 44.9 Å². The fourth-order valence-corrected chi connectivity index (χ4v) is 5.46. The summed E-state index contributed by atoms with van der Waals surface area (Å²) in [7, 11) is 0. The molecule has 26 heavy (non-hydrogen) atoms. The van der Waals surface area contributed by atoms with E-state index in [4.69, 9.17) is 4.74 Å². The van der Waals surface area contributed by atoms with Gasteiger partial charge in [-0.25, -0.2) is 9.97 Å². The molecule has 0 bridgehead atoms. The van der Waals surface area contributed by atoms with E-state index in [0.29, 0.717) is 18.1 Å². The number of H-pyrrole nitrogens is 1. The van der Waals surface area contributed by atoms with Gasteiger partial charge in [0.2, 0.25) is 5.43 Å². The Labute approximate surface area is 160 Å². The number of nitrogens with one attached hydrogen (secondary N) is 1. The van der Waals surface area contributed by atoms with E-state index in [1.165, 1.54) is 28.7 Å². The standard InChI is InChI=1S/C19H21N3O2S2/c1-2-7-24-15-9-20-12(8-14(15)23)10-25-18-17-13-5-3-4-6-16(13)26-19(17)22-11-21-18/h8-9,11H,2-7,10H2,1H3,(H,20,23). The van der Waals surface area contributed by atoms with Crippen molar-refractivity contribution in [3.8, 4) is 5.75 Å². The van der Waals surface area contributed by atoms with E-state index in [2.05, 4.69) is 15.0 Å². The lowest BCUT2D eigenvalue weighted by Crippen LogP contribution is -2.09. The summed E-state index contributed by atoms with van der Waals surface area (Å²) in [5.74, 6) is 1.05. The first-order chi connectivity index (χ1) is 12.8. The minimum atomic E-state index is -0.0754. The molecule has 1 N–H and O–H groups in total. The highest BCUT2D eigenvalue weighted by Crippen LogP contribution is 2.39. The molecular formula is C19H21N3O2S2. The van der Waals surface area contributed by atoms with Gasteiger partial charge in [0, 0.05) is 34.0 Å². The SMILES string of the molecule is CCCOc1c[nH]c(CSc2ncnc3sc4c(c23)CCCC4)cc1=O. The van der Waals surface area contributed by atoms with Crippen LogP contribution in [0.3, 0.4) is 0 Å². The van der Waals surface area contributed by atoms with Crippen molar-refractivity contribution in [2.75, 3.05) is 6.61 Å². The lowest BCUT2D eigenvalue weighted by molar-refractivity contribution is 0.313. The molecule has 0 fully saturated rings. The number of aromatic amines is 1. The molecule has 0 radical (unpaired) electrons. The maximum Gasteiger partial charge on any atom is 0.223 e. The highest BCUT2D eigenvalue weighted by molar-refractivity contribution is 7.98. The lowest BCUT2D eigenvalue weighted by Gasteiger charge is -2.11. The summed E-state index contributed by atoms with van der Waals surface area (Å²) in [5.41, 5.74) is 2.24. The molecule has 5 nitrogen and oxygen atoms in total. The third-order valence-corrected chi connectivity index (χ3v) is 6.72. The third-order valence-electron chi connectivity index (χ3n) is 4.48. The normalized spacial score (nSPS) is 13.7. The fourth-order valence-electron chi connectivity index (χ4n) is 3.23. The van der Waals surface area contributed by atoms with Gasteiger partial charge in [0.25, 0.3) is 0 Å². The maximum absolute atomic E-state index is 12.1. The molecule has 0 atom stereocenters. The van der Waals surface area contributed by atoms with E-state index < -0.39 is 0 Å². The van der Waals surface area contributed by atoms with Crippen LogP contribution in [0, 0.1) is 0 Å². The second-order valence-corrected chi connectivity index (χ2v) is 8.44. The Morgan fingerprint density at radius 1 is 1.31 bits per heavy atom. The van der Waals surface area contributed by atoms with Gasteiger partial charge in [-0.15, -0.1) is 11.3 Å². The van der Waals surface area contributed by atoms with Crippen LogP contribution in [0.15, 0.2) is 28.4 Å². The third kappa shape index (κ3) is 3.50. The first-order valence-electron chi connectivity index (χ1n) is 8.98. The largest absolute Gasteiger partial charge is 0.488 e. The molecule has 3 aromatic rings. The zero-order valence-corrected chi connectivity index (χ0v) is 16.3. The molecule has 0 saturated heterocycles. The summed E-state index contributed by atoms with van der Waals surface area (Å²) >= 11 is 3.47. The number of thioether (sulfide) groups is 1. The van der Waals surface area contributed by atoms with Gasteiger partial charge in [0.15, 0.2) is 5.75 Å². The van der Waals surface area contributed by atoms with Crippen LogP contribution in [0.5, 0.6) is 5.75 Å². The number of fused-ring (bicyclic) bond motifs is 3. The summed E-state index contributed by atoms with van der Waals surface area (Å²) in [6, 6.07) is 1.62. The monoisotopic (exact) mass is 387 g/mol. The summed E-state index contributed by atoms with van der Waals surface area (Å²) < 4.78 is 5.44. The van der Waals surface area contributed by atoms with Crippen LogP contribution in [-0.2, 0) is 18.6 Å². The lowest BCUT2D eigenvalue weighted by atomic mass is 9.97. The summed E-state index contributed by atoms with van der Waals surface area (Å²) in [6.07, 6.45) is 8.98. The molecule has 0 aliphatic heterocycles. The smallest absolute Gasteiger partial charge is 0.223 e. The van der Waals surface area contributed by atoms with Crippen molar-refractivity contribution >= 4 is 33.3 Å². The number of nitrogens with zero attached hydrogens (tertiary/aromatic N) is 2. The Hall–Kier alpha value is -1.86. The van der Waals surface area contributed by atoms with Gasteiger partial charge in [-0.3, -0.25) is 4.79 Å². The predicted molar refractivity (Wildman–Crippen MR) is 106 cm³/mol. The average Bonchev–Trinajstić information content (AvgIpc) is 3.05. The molecule has 0 saturated carbocycles. The van der Waals surface area contributed by atoms with Crippen LogP contribution in [-0.4, -0.2) is 21.6 Å². The van der Waals surface area contributed by atoms with Crippen LogP contribution in [0.4, 0.5) is 0 Å². The van der Waals surface area contributed by atoms with Crippen LogP contribution in [0.25, 0.3) is 10.2 Å². The number of aryl methyl sites for hydroxylation is 2. The number of ether oxygens (including phenoxy) is 1. The van der Waals surface area contributed by atoms with Crippen molar-refractivity contribution in [1.29, 1.82) is 0 Å². The molecule has 7 heteroatoms. The van der Waals surface area contributed by atoms with Crippen molar-refractivity contribution in [1.82, 2.24) is 15.0 Å². The van der Waals surface area contributed by atoms with Crippen molar-refractivity contribution in [2.45, 2.75) is 49.8 Å². The topological polar surface area (TPSA) is 67.9 Å². The Morgan fingerprint density at radius 3 is 3.04 bits per heavy atom. The van der Waals surface area contributed by atoms with Crippen molar-refractivity contribution < 1.29 is 4.74 Å². The Balaban J connectivity index is 1.56. The second kappa shape index (κ2) is 7.80. The van der Waals surface area contributed by atoms with E-state index in [1.807, 2.05) is 18.3 Å². The van der Waals surface area contributed by atoms with E-state index >= 15 is 0 Å². The molecule has 1 aliphatic rings. The molecule has 4 rings (SSSR count). The van der Waals surface area contributed by atoms with E-state index in [0.717, 1.165) is 34.8 Å². The first kappa shape index (κ1) is 17.5. The molecule has 0 unspecified atom stereocenters. The van der Waals surface area contributed by atoms with Gasteiger partial charge in [-0.1, -0.05) is 18.7 Å². The summed E-state index contributed by atoms with van der Waals surface area (Å²) in [4.78, 5) is 26.9. The predicted octanol–water partition coefficient (Wildman–Crippen LogP) is 4.34. The first-order valence-corrected chi connectivity index (χ1v) is 10.8. The molecule has 1 aliphatic carbocycles.